The average molecular weight is 370 g/mol. The molecule has 1 aliphatic carbocycles. The second kappa shape index (κ2) is 7.50. The summed E-state index contributed by atoms with van der Waals surface area (Å²) in [6.07, 6.45) is 4.48. The molecule has 2 fully saturated rings. The van der Waals surface area contributed by atoms with Crippen LogP contribution in [0.15, 0.2) is 41.8 Å². The minimum Gasteiger partial charge on any atom is -0.447 e. The predicted octanol–water partition coefficient (Wildman–Crippen LogP) is 4.37. The van der Waals surface area contributed by atoms with Crippen molar-refractivity contribution < 1.29 is 14.3 Å². The topological polar surface area (TPSA) is 58.6 Å². The fraction of sp³-hybridized carbons (Fsp3) is 0.400. The first kappa shape index (κ1) is 17.1. The molecule has 1 N–H and O–H groups in total. The van der Waals surface area contributed by atoms with Gasteiger partial charge in [-0.25, -0.2) is 4.79 Å². The quantitative estimate of drug-likeness (QED) is 0.850. The molecule has 1 aromatic carbocycles. The Morgan fingerprint density at radius 3 is 2.58 bits per heavy atom. The molecule has 2 aliphatic rings. The minimum atomic E-state index is -0.332. The zero-order valence-electron chi connectivity index (χ0n) is 14.5. The fourth-order valence-electron chi connectivity index (χ4n) is 3.83. The van der Waals surface area contributed by atoms with Crippen molar-refractivity contribution in [2.45, 2.75) is 31.7 Å². The van der Waals surface area contributed by atoms with Gasteiger partial charge in [-0.1, -0.05) is 18.9 Å². The number of hydrogen-bond acceptors (Lipinski definition) is 4. The van der Waals surface area contributed by atoms with E-state index in [1.54, 1.807) is 40.5 Å². The van der Waals surface area contributed by atoms with Gasteiger partial charge in [-0.05, 0) is 54.5 Å². The monoisotopic (exact) mass is 370 g/mol. The molecule has 4 rings (SSSR count). The van der Waals surface area contributed by atoms with Crippen LogP contribution in [-0.2, 0) is 4.74 Å². The number of carbonyl (C=O) groups is 2. The van der Waals surface area contributed by atoms with E-state index < -0.39 is 0 Å². The molecular formula is C20H22N2O3S. The molecule has 1 aromatic heterocycles. The van der Waals surface area contributed by atoms with Crippen LogP contribution in [0.25, 0.3) is 0 Å². The Balaban J connectivity index is 1.48. The first-order valence-corrected chi connectivity index (χ1v) is 9.99. The fourth-order valence-corrected chi connectivity index (χ4v) is 4.69. The van der Waals surface area contributed by atoms with Crippen molar-refractivity contribution >= 4 is 29.0 Å². The predicted molar refractivity (Wildman–Crippen MR) is 102 cm³/mol. The Kier molecular flexibility index (Phi) is 4.93. The van der Waals surface area contributed by atoms with Gasteiger partial charge in [0, 0.05) is 16.1 Å². The molecule has 0 unspecified atom stereocenters. The molecule has 1 aliphatic heterocycles. The van der Waals surface area contributed by atoms with Crippen LogP contribution in [0.4, 0.5) is 10.5 Å². The highest BCUT2D eigenvalue weighted by Crippen LogP contribution is 2.37. The summed E-state index contributed by atoms with van der Waals surface area (Å²) < 4.78 is 4.96. The molecule has 0 spiro atoms. The van der Waals surface area contributed by atoms with Gasteiger partial charge >= 0.3 is 6.09 Å². The third kappa shape index (κ3) is 3.46. The van der Waals surface area contributed by atoms with Crippen LogP contribution in [0.2, 0.25) is 0 Å². The van der Waals surface area contributed by atoms with Gasteiger partial charge in [0.1, 0.15) is 6.61 Å². The first-order valence-electron chi connectivity index (χ1n) is 9.11. The number of hydrogen-bond donors (Lipinski definition) is 1. The largest absolute Gasteiger partial charge is 0.447 e. The van der Waals surface area contributed by atoms with Crippen molar-refractivity contribution in [1.29, 1.82) is 0 Å². The lowest BCUT2D eigenvalue weighted by molar-refractivity contribution is 0.0923. The zero-order chi connectivity index (χ0) is 17.9. The number of carbonyl (C=O) groups excluding carboxylic acids is 2. The number of thiophene rings is 1. The van der Waals surface area contributed by atoms with Crippen molar-refractivity contribution in [3.8, 4) is 0 Å². The molecular weight excluding hydrogens is 348 g/mol. The van der Waals surface area contributed by atoms with E-state index in [2.05, 4.69) is 16.8 Å². The second-order valence-electron chi connectivity index (χ2n) is 6.82. The van der Waals surface area contributed by atoms with Crippen molar-refractivity contribution in [1.82, 2.24) is 5.32 Å². The summed E-state index contributed by atoms with van der Waals surface area (Å²) in [5.74, 6) is 0.446. The maximum atomic E-state index is 12.8. The number of cyclic esters (lactones) is 1. The van der Waals surface area contributed by atoms with Crippen LogP contribution < -0.4 is 10.2 Å². The Bertz CT molecular complexity index is 767. The Hall–Kier alpha value is -2.34. The van der Waals surface area contributed by atoms with E-state index in [4.69, 9.17) is 4.74 Å². The summed E-state index contributed by atoms with van der Waals surface area (Å²) in [6.45, 7) is 0.956. The van der Waals surface area contributed by atoms with Gasteiger partial charge in [0.15, 0.2) is 0 Å². The van der Waals surface area contributed by atoms with Gasteiger partial charge in [0.25, 0.3) is 5.91 Å². The summed E-state index contributed by atoms with van der Waals surface area (Å²) in [6, 6.07) is 11.4. The van der Waals surface area contributed by atoms with Crippen molar-refractivity contribution in [2.75, 3.05) is 18.1 Å². The third-order valence-electron chi connectivity index (χ3n) is 5.21. The maximum Gasteiger partial charge on any atom is 0.414 e. The highest BCUT2D eigenvalue weighted by molar-refractivity contribution is 7.10. The summed E-state index contributed by atoms with van der Waals surface area (Å²) in [4.78, 5) is 27.2. The molecule has 2 heterocycles. The van der Waals surface area contributed by atoms with E-state index in [-0.39, 0.29) is 18.0 Å². The van der Waals surface area contributed by atoms with Crippen LogP contribution >= 0.6 is 11.3 Å². The summed E-state index contributed by atoms with van der Waals surface area (Å²) in [5.41, 5.74) is 1.37. The summed E-state index contributed by atoms with van der Waals surface area (Å²) in [5, 5.41) is 5.30. The van der Waals surface area contributed by atoms with E-state index in [9.17, 15) is 9.59 Å². The number of benzene rings is 1. The maximum absolute atomic E-state index is 12.8. The van der Waals surface area contributed by atoms with Crippen molar-refractivity contribution in [2.24, 2.45) is 5.92 Å². The van der Waals surface area contributed by atoms with Gasteiger partial charge in [-0.2, -0.15) is 0 Å². The van der Waals surface area contributed by atoms with Crippen molar-refractivity contribution in [3.63, 3.8) is 0 Å². The Labute approximate surface area is 157 Å². The highest BCUT2D eigenvalue weighted by atomic mass is 32.1. The second-order valence-corrected chi connectivity index (χ2v) is 7.80. The third-order valence-corrected chi connectivity index (χ3v) is 6.16. The first-order chi connectivity index (χ1) is 12.7. The molecule has 2 aromatic rings. The minimum absolute atomic E-state index is 0.0640. The van der Waals surface area contributed by atoms with Crippen LogP contribution in [0.1, 0.15) is 47.0 Å². The van der Waals surface area contributed by atoms with E-state index >= 15 is 0 Å². The van der Waals surface area contributed by atoms with Crippen molar-refractivity contribution in [3.05, 3.63) is 52.2 Å². The Morgan fingerprint density at radius 1 is 1.19 bits per heavy atom. The number of ether oxygens (including phenoxy) is 1. The van der Waals surface area contributed by atoms with E-state index in [1.165, 1.54) is 30.6 Å². The van der Waals surface area contributed by atoms with Gasteiger partial charge in [0.2, 0.25) is 0 Å². The summed E-state index contributed by atoms with van der Waals surface area (Å²) >= 11 is 1.70. The molecule has 0 bridgehead atoms. The molecule has 2 amide bonds. The lowest BCUT2D eigenvalue weighted by Gasteiger charge is -2.24. The average Bonchev–Trinajstić information content (AvgIpc) is 3.42. The van der Waals surface area contributed by atoms with Crippen LogP contribution in [0, 0.1) is 5.92 Å². The molecule has 26 heavy (non-hydrogen) atoms. The molecule has 1 atom stereocenters. The van der Waals surface area contributed by atoms with Crippen LogP contribution in [-0.4, -0.2) is 25.2 Å². The Morgan fingerprint density at radius 2 is 1.96 bits per heavy atom. The molecule has 136 valence electrons. The van der Waals surface area contributed by atoms with Gasteiger partial charge in [-0.15, -0.1) is 11.3 Å². The van der Waals surface area contributed by atoms with E-state index in [0.29, 0.717) is 24.6 Å². The molecule has 1 saturated heterocycles. The lowest BCUT2D eigenvalue weighted by Crippen LogP contribution is -2.32. The smallest absolute Gasteiger partial charge is 0.414 e. The SMILES string of the molecule is O=C(N[C@@H](c1cccs1)C1CCCC1)c1ccc(N2CCOC2=O)cc1. The number of nitrogens with zero attached hydrogens (tertiary/aromatic N) is 1. The molecule has 6 heteroatoms. The van der Waals surface area contributed by atoms with Crippen LogP contribution in [0.5, 0.6) is 0 Å². The molecule has 5 nitrogen and oxygen atoms in total. The van der Waals surface area contributed by atoms with E-state index in [1.807, 2.05) is 6.07 Å². The molecule has 1 saturated carbocycles. The number of nitrogens with one attached hydrogen (secondary N) is 1. The summed E-state index contributed by atoms with van der Waals surface area (Å²) in [7, 11) is 0. The number of anilines is 1. The standard InChI is InChI=1S/C20H22N2O3S/c23-19(15-7-9-16(10-8-15)22-11-12-25-20(22)24)21-18(14-4-1-2-5-14)17-6-3-13-26-17/h3,6-10,13-14,18H,1-2,4-5,11-12H2,(H,21,23)/t18-/m1/s1. The van der Waals surface area contributed by atoms with E-state index in [0.717, 1.165) is 5.69 Å². The molecule has 0 radical (unpaired) electrons. The van der Waals surface area contributed by atoms with Gasteiger partial charge in [-0.3, -0.25) is 9.69 Å². The zero-order valence-corrected chi connectivity index (χ0v) is 15.3. The highest BCUT2D eigenvalue weighted by Gasteiger charge is 2.29. The number of rotatable bonds is 5. The lowest BCUT2D eigenvalue weighted by atomic mass is 9.96. The van der Waals surface area contributed by atoms with Gasteiger partial charge < -0.3 is 10.1 Å². The van der Waals surface area contributed by atoms with Crippen LogP contribution in [0.3, 0.4) is 0 Å². The number of amides is 2. The normalized spacial score (nSPS) is 18.8. The van der Waals surface area contributed by atoms with Gasteiger partial charge in [0.05, 0.1) is 12.6 Å².